The molecule has 0 rings (SSSR count). The van der Waals surface area contributed by atoms with Crippen molar-refractivity contribution in [3.63, 3.8) is 0 Å². The highest BCUT2D eigenvalue weighted by Gasteiger charge is 2.55. The summed E-state index contributed by atoms with van der Waals surface area (Å²) in [5, 5.41) is 0. The van der Waals surface area contributed by atoms with Crippen LogP contribution < -0.4 is 0 Å². The third kappa shape index (κ3) is 5.06. The molecule has 0 saturated heterocycles. The van der Waals surface area contributed by atoms with Gasteiger partial charge in [0.05, 0.1) is 0 Å². The normalized spacial score (nSPS) is 13.2. The van der Waals surface area contributed by atoms with Crippen molar-refractivity contribution in [2.24, 2.45) is 0 Å². The number of carbonyl (C=O) groups excluding carboxylic acids is 1. The Morgan fingerprint density at radius 3 is 1.50 bits per heavy atom. The van der Waals surface area contributed by atoms with Crippen LogP contribution in [0.3, 0.4) is 0 Å². The first-order chi connectivity index (χ1) is 7.66. The van der Waals surface area contributed by atoms with E-state index in [2.05, 4.69) is 4.43 Å². The SMILES string of the molecule is C[Si](C)(C)OC(=O)C(F)=C(C(F)(F)F)C(F)(F)F. The molecule has 0 fully saturated rings. The lowest BCUT2D eigenvalue weighted by Crippen LogP contribution is -2.33. The molecule has 0 aliphatic carbocycles. The zero-order valence-corrected chi connectivity index (χ0v) is 10.5. The van der Waals surface area contributed by atoms with Gasteiger partial charge < -0.3 is 4.43 Å². The van der Waals surface area contributed by atoms with Crippen molar-refractivity contribution in [2.45, 2.75) is 32.0 Å². The summed E-state index contributed by atoms with van der Waals surface area (Å²) in [5.74, 6) is -5.23. The fourth-order valence-electron chi connectivity index (χ4n) is 0.835. The van der Waals surface area contributed by atoms with Gasteiger partial charge in [0.15, 0.2) is 5.57 Å². The molecule has 0 aliphatic rings. The van der Waals surface area contributed by atoms with E-state index in [0.717, 1.165) is 0 Å². The van der Waals surface area contributed by atoms with Crippen molar-refractivity contribution >= 4 is 14.3 Å². The summed E-state index contributed by atoms with van der Waals surface area (Å²) in [7, 11) is -2.81. The molecule has 0 amide bonds. The van der Waals surface area contributed by atoms with Crippen LogP contribution in [0.5, 0.6) is 0 Å². The molecule has 0 aromatic heterocycles. The highest BCUT2D eigenvalue weighted by Crippen LogP contribution is 2.41. The maximum absolute atomic E-state index is 13.0. The molecule has 0 N–H and O–H groups in total. The molecule has 0 saturated carbocycles. The van der Waals surface area contributed by atoms with Gasteiger partial charge in [0, 0.05) is 0 Å². The van der Waals surface area contributed by atoms with Gasteiger partial charge in [-0.15, -0.1) is 0 Å². The van der Waals surface area contributed by atoms with E-state index in [1.54, 1.807) is 0 Å². The predicted molar refractivity (Wildman–Crippen MR) is 49.7 cm³/mol. The molecule has 0 spiro atoms. The second-order valence-electron chi connectivity index (χ2n) is 4.19. The Labute approximate surface area is 98.5 Å². The third-order valence-corrected chi connectivity index (χ3v) is 2.16. The minimum Gasteiger partial charge on any atom is -0.515 e. The first kappa shape index (κ1) is 16.9. The van der Waals surface area contributed by atoms with Crippen molar-refractivity contribution in [1.29, 1.82) is 0 Å². The molecule has 0 aromatic rings. The Hall–Kier alpha value is -1.06. The molecule has 18 heavy (non-hydrogen) atoms. The van der Waals surface area contributed by atoms with E-state index >= 15 is 0 Å². The number of halogens is 7. The fraction of sp³-hybridized carbons (Fsp3) is 0.625. The molecular formula is C8H9F7O2Si. The standard InChI is InChI=1S/C8H9F7O2Si/c1-18(2,3)17-6(16)4(9)5(7(10,11)12)8(13,14)15/h1-3H3. The minimum absolute atomic E-state index is 1.30. The Kier molecular flexibility index (Phi) is 4.61. The van der Waals surface area contributed by atoms with Crippen LogP contribution in [0.4, 0.5) is 30.7 Å². The second kappa shape index (κ2) is 4.90. The highest BCUT2D eigenvalue weighted by atomic mass is 28.4. The van der Waals surface area contributed by atoms with Crippen LogP contribution in [-0.4, -0.2) is 26.6 Å². The van der Waals surface area contributed by atoms with E-state index in [1.165, 1.54) is 19.6 Å². The van der Waals surface area contributed by atoms with Crippen LogP contribution in [-0.2, 0) is 9.22 Å². The van der Waals surface area contributed by atoms with Crippen molar-refractivity contribution in [3.05, 3.63) is 11.4 Å². The quantitative estimate of drug-likeness (QED) is 0.441. The molecule has 2 nitrogen and oxygen atoms in total. The molecule has 10 heteroatoms. The Balaban J connectivity index is 5.58. The van der Waals surface area contributed by atoms with Gasteiger partial charge in [-0.1, -0.05) is 0 Å². The molecule has 106 valence electrons. The zero-order chi connectivity index (χ0) is 14.9. The van der Waals surface area contributed by atoms with Crippen molar-refractivity contribution in [1.82, 2.24) is 0 Å². The Bertz CT molecular complexity index is 345. The van der Waals surface area contributed by atoms with Gasteiger partial charge >= 0.3 is 18.3 Å². The van der Waals surface area contributed by atoms with Crippen LogP contribution >= 0.6 is 0 Å². The van der Waals surface area contributed by atoms with Gasteiger partial charge in [-0.2, -0.15) is 30.7 Å². The minimum atomic E-state index is -6.03. The predicted octanol–water partition coefficient (Wildman–Crippen LogP) is 3.71. The summed E-state index contributed by atoms with van der Waals surface area (Å²) in [6, 6.07) is 0. The maximum atomic E-state index is 13.0. The van der Waals surface area contributed by atoms with Crippen LogP contribution in [0.1, 0.15) is 0 Å². The van der Waals surface area contributed by atoms with Gasteiger partial charge in [0.1, 0.15) is 0 Å². The lowest BCUT2D eigenvalue weighted by Gasteiger charge is -2.19. The van der Waals surface area contributed by atoms with Gasteiger partial charge in [-0.3, -0.25) is 0 Å². The number of carbonyl (C=O) groups is 1. The smallest absolute Gasteiger partial charge is 0.424 e. The summed E-state index contributed by atoms with van der Waals surface area (Å²) in [4.78, 5) is 10.9. The molecular weight excluding hydrogens is 289 g/mol. The summed E-state index contributed by atoms with van der Waals surface area (Å²) < 4.78 is 89.5. The summed E-state index contributed by atoms with van der Waals surface area (Å²) in [5.41, 5.74) is -3.49. The highest BCUT2D eigenvalue weighted by molar-refractivity contribution is 6.71. The topological polar surface area (TPSA) is 26.3 Å². The summed E-state index contributed by atoms with van der Waals surface area (Å²) in [6.45, 7) is 3.91. The molecule has 0 atom stereocenters. The number of hydrogen-bond acceptors (Lipinski definition) is 2. The van der Waals surface area contributed by atoms with E-state index in [9.17, 15) is 35.5 Å². The number of allylic oxidation sites excluding steroid dienone is 1. The third-order valence-electron chi connectivity index (χ3n) is 1.36. The Morgan fingerprint density at radius 1 is 0.944 bits per heavy atom. The summed E-state index contributed by atoms with van der Waals surface area (Å²) in [6.07, 6.45) is -12.1. The lowest BCUT2D eigenvalue weighted by molar-refractivity contribution is -0.176. The monoisotopic (exact) mass is 298 g/mol. The van der Waals surface area contributed by atoms with Gasteiger partial charge in [0.2, 0.25) is 14.1 Å². The molecule has 0 bridgehead atoms. The summed E-state index contributed by atoms with van der Waals surface area (Å²) >= 11 is 0. The lowest BCUT2D eigenvalue weighted by atomic mass is 10.2. The van der Waals surface area contributed by atoms with Gasteiger partial charge in [-0.25, -0.2) is 4.79 Å². The molecule has 0 aliphatic heterocycles. The maximum Gasteiger partial charge on any atom is 0.424 e. The van der Waals surface area contributed by atoms with Crippen LogP contribution in [0.25, 0.3) is 0 Å². The first-order valence-corrected chi connectivity index (χ1v) is 7.84. The largest absolute Gasteiger partial charge is 0.515 e. The van der Waals surface area contributed by atoms with Crippen molar-refractivity contribution in [2.75, 3.05) is 0 Å². The number of rotatable bonds is 2. The van der Waals surface area contributed by atoms with E-state index in [1.807, 2.05) is 0 Å². The van der Waals surface area contributed by atoms with E-state index in [-0.39, 0.29) is 0 Å². The van der Waals surface area contributed by atoms with Gasteiger partial charge in [-0.05, 0) is 19.6 Å². The molecule has 0 unspecified atom stereocenters. The van der Waals surface area contributed by atoms with Crippen LogP contribution in [0.15, 0.2) is 11.4 Å². The van der Waals surface area contributed by atoms with Gasteiger partial charge in [0.25, 0.3) is 0 Å². The average Bonchev–Trinajstić information content (AvgIpc) is 1.93. The van der Waals surface area contributed by atoms with Crippen LogP contribution in [0.2, 0.25) is 19.6 Å². The van der Waals surface area contributed by atoms with E-state index in [0.29, 0.717) is 0 Å². The Morgan fingerprint density at radius 2 is 1.28 bits per heavy atom. The first-order valence-electron chi connectivity index (χ1n) is 4.44. The molecule has 0 aromatic carbocycles. The van der Waals surface area contributed by atoms with Crippen LogP contribution in [0, 0.1) is 0 Å². The molecule has 0 radical (unpaired) electrons. The number of hydrogen-bond donors (Lipinski definition) is 0. The second-order valence-corrected chi connectivity index (χ2v) is 8.62. The van der Waals surface area contributed by atoms with E-state index < -0.39 is 38.0 Å². The average molecular weight is 298 g/mol. The van der Waals surface area contributed by atoms with Crippen molar-refractivity contribution < 1.29 is 40.0 Å². The fourth-order valence-corrected chi connectivity index (χ4v) is 1.48. The van der Waals surface area contributed by atoms with Crippen molar-refractivity contribution in [3.8, 4) is 0 Å². The number of alkyl halides is 6. The zero-order valence-electron chi connectivity index (χ0n) is 9.46. The molecule has 0 heterocycles. The van der Waals surface area contributed by atoms with E-state index in [4.69, 9.17) is 0 Å².